The molecular formula is C18H22N2O. The summed E-state index contributed by atoms with van der Waals surface area (Å²) in [4.78, 5) is 13.4. The molecule has 1 atom stereocenters. The molecule has 110 valence electrons. The molecule has 0 radical (unpaired) electrons. The molecule has 3 nitrogen and oxygen atoms in total. The zero-order valence-corrected chi connectivity index (χ0v) is 13.1. The van der Waals surface area contributed by atoms with Crippen molar-refractivity contribution in [2.75, 3.05) is 19.4 Å². The summed E-state index contributed by atoms with van der Waals surface area (Å²) in [5.41, 5.74) is 4.23. The van der Waals surface area contributed by atoms with Crippen molar-refractivity contribution >= 4 is 11.6 Å². The average Bonchev–Trinajstić information content (AvgIpc) is 2.47. The first-order valence-electron chi connectivity index (χ1n) is 7.12. The second-order valence-electron chi connectivity index (χ2n) is 5.56. The highest BCUT2D eigenvalue weighted by molar-refractivity contribution is 5.94. The Morgan fingerprint density at radius 3 is 2.33 bits per heavy atom. The number of hydrogen-bond acceptors (Lipinski definition) is 2. The van der Waals surface area contributed by atoms with E-state index in [9.17, 15) is 4.79 Å². The molecular weight excluding hydrogens is 260 g/mol. The number of hydrogen-bond donors (Lipinski definition) is 1. The predicted octanol–water partition coefficient (Wildman–Crippen LogP) is 3.87. The van der Waals surface area contributed by atoms with Crippen LogP contribution in [-0.2, 0) is 0 Å². The lowest BCUT2D eigenvalue weighted by Gasteiger charge is -2.17. The van der Waals surface area contributed by atoms with Crippen LogP contribution in [0, 0.1) is 6.92 Å². The normalized spacial score (nSPS) is 11.8. The molecule has 0 saturated carbocycles. The van der Waals surface area contributed by atoms with Crippen LogP contribution in [0.4, 0.5) is 5.69 Å². The molecule has 21 heavy (non-hydrogen) atoms. The van der Waals surface area contributed by atoms with Gasteiger partial charge in [0.2, 0.25) is 0 Å². The molecule has 0 aliphatic heterocycles. The van der Waals surface area contributed by atoms with E-state index in [4.69, 9.17) is 0 Å². The van der Waals surface area contributed by atoms with E-state index in [0.29, 0.717) is 5.56 Å². The molecule has 2 rings (SSSR count). The van der Waals surface area contributed by atoms with E-state index in [2.05, 4.69) is 43.4 Å². The van der Waals surface area contributed by atoms with Crippen LogP contribution in [0.1, 0.15) is 34.5 Å². The van der Waals surface area contributed by atoms with Crippen molar-refractivity contribution < 1.29 is 4.79 Å². The monoisotopic (exact) mass is 282 g/mol. The summed E-state index contributed by atoms with van der Waals surface area (Å²) in [5, 5.41) is 3.46. The summed E-state index contributed by atoms with van der Waals surface area (Å²) in [6.45, 7) is 4.23. The van der Waals surface area contributed by atoms with Gasteiger partial charge in [-0.2, -0.15) is 0 Å². The molecule has 1 unspecified atom stereocenters. The lowest BCUT2D eigenvalue weighted by Crippen LogP contribution is -2.21. The molecule has 0 saturated heterocycles. The average molecular weight is 282 g/mol. The van der Waals surface area contributed by atoms with Crippen molar-refractivity contribution in [1.82, 2.24) is 4.90 Å². The van der Waals surface area contributed by atoms with Crippen LogP contribution in [0.25, 0.3) is 0 Å². The first kappa shape index (κ1) is 15.1. The number of carbonyl (C=O) groups excluding carboxylic acids is 1. The van der Waals surface area contributed by atoms with E-state index in [1.54, 1.807) is 19.0 Å². The van der Waals surface area contributed by atoms with Gasteiger partial charge in [-0.3, -0.25) is 4.79 Å². The molecule has 1 amide bonds. The molecule has 2 aromatic rings. The molecule has 0 aliphatic rings. The summed E-state index contributed by atoms with van der Waals surface area (Å²) in [6.07, 6.45) is 0. The van der Waals surface area contributed by atoms with Crippen LogP contribution < -0.4 is 5.32 Å². The smallest absolute Gasteiger partial charge is 0.253 e. The van der Waals surface area contributed by atoms with Crippen LogP contribution in [0.2, 0.25) is 0 Å². The van der Waals surface area contributed by atoms with E-state index in [1.165, 1.54) is 11.1 Å². The second kappa shape index (κ2) is 6.44. The van der Waals surface area contributed by atoms with E-state index >= 15 is 0 Å². The van der Waals surface area contributed by atoms with E-state index in [-0.39, 0.29) is 11.9 Å². The Bertz CT molecular complexity index is 617. The fourth-order valence-corrected chi connectivity index (χ4v) is 2.24. The van der Waals surface area contributed by atoms with Gasteiger partial charge in [-0.15, -0.1) is 0 Å². The molecule has 0 aromatic heterocycles. The Balaban J connectivity index is 2.08. The van der Waals surface area contributed by atoms with Gasteiger partial charge < -0.3 is 10.2 Å². The van der Waals surface area contributed by atoms with Crippen molar-refractivity contribution in [3.8, 4) is 0 Å². The van der Waals surface area contributed by atoms with Gasteiger partial charge >= 0.3 is 0 Å². The standard InChI is InChI=1S/C18H22N2O/c1-13-6-5-7-16(12-13)14(2)19-17-10-8-15(9-11-17)18(21)20(3)4/h5-12,14,19H,1-4H3. The lowest BCUT2D eigenvalue weighted by atomic mass is 10.1. The van der Waals surface area contributed by atoms with Crippen molar-refractivity contribution in [1.29, 1.82) is 0 Å². The minimum atomic E-state index is 0.0216. The molecule has 0 spiro atoms. The maximum atomic E-state index is 11.8. The third kappa shape index (κ3) is 3.85. The molecule has 0 bridgehead atoms. The second-order valence-corrected chi connectivity index (χ2v) is 5.56. The highest BCUT2D eigenvalue weighted by atomic mass is 16.2. The van der Waals surface area contributed by atoms with E-state index in [1.807, 2.05) is 24.3 Å². The number of aryl methyl sites for hydroxylation is 1. The third-order valence-electron chi connectivity index (χ3n) is 3.46. The van der Waals surface area contributed by atoms with Gasteiger partial charge in [0.05, 0.1) is 0 Å². The number of nitrogens with one attached hydrogen (secondary N) is 1. The van der Waals surface area contributed by atoms with Gasteiger partial charge in [-0.25, -0.2) is 0 Å². The van der Waals surface area contributed by atoms with Crippen LogP contribution in [0.3, 0.4) is 0 Å². The number of rotatable bonds is 4. The van der Waals surface area contributed by atoms with E-state index < -0.39 is 0 Å². The third-order valence-corrected chi connectivity index (χ3v) is 3.46. The summed E-state index contributed by atoms with van der Waals surface area (Å²) >= 11 is 0. The number of carbonyl (C=O) groups is 1. The molecule has 1 N–H and O–H groups in total. The maximum Gasteiger partial charge on any atom is 0.253 e. The van der Waals surface area contributed by atoms with Crippen molar-refractivity contribution in [3.63, 3.8) is 0 Å². The first-order valence-corrected chi connectivity index (χ1v) is 7.12. The molecule has 0 aliphatic carbocycles. The fourth-order valence-electron chi connectivity index (χ4n) is 2.24. The Morgan fingerprint density at radius 2 is 1.76 bits per heavy atom. The Kier molecular flexibility index (Phi) is 4.63. The van der Waals surface area contributed by atoms with Crippen LogP contribution in [0.15, 0.2) is 48.5 Å². The number of benzene rings is 2. The zero-order chi connectivity index (χ0) is 15.4. The van der Waals surface area contributed by atoms with Gasteiger partial charge in [-0.05, 0) is 43.7 Å². The highest BCUT2D eigenvalue weighted by Crippen LogP contribution is 2.20. The Morgan fingerprint density at radius 1 is 1.10 bits per heavy atom. The van der Waals surface area contributed by atoms with Gasteiger partial charge in [0, 0.05) is 31.4 Å². The minimum absolute atomic E-state index is 0.0216. The highest BCUT2D eigenvalue weighted by Gasteiger charge is 2.09. The topological polar surface area (TPSA) is 32.3 Å². The lowest BCUT2D eigenvalue weighted by molar-refractivity contribution is 0.0827. The number of nitrogens with zero attached hydrogens (tertiary/aromatic N) is 1. The number of amides is 1. The van der Waals surface area contributed by atoms with Gasteiger partial charge in [-0.1, -0.05) is 29.8 Å². The van der Waals surface area contributed by atoms with E-state index in [0.717, 1.165) is 5.69 Å². The summed E-state index contributed by atoms with van der Waals surface area (Å²) in [6, 6.07) is 16.3. The molecule has 3 heteroatoms. The molecule has 2 aromatic carbocycles. The fraction of sp³-hybridized carbons (Fsp3) is 0.278. The quantitative estimate of drug-likeness (QED) is 0.923. The summed E-state index contributed by atoms with van der Waals surface area (Å²) in [7, 11) is 3.52. The Labute approximate surface area is 126 Å². The summed E-state index contributed by atoms with van der Waals surface area (Å²) < 4.78 is 0. The van der Waals surface area contributed by atoms with Crippen molar-refractivity contribution in [3.05, 3.63) is 65.2 Å². The Hall–Kier alpha value is -2.29. The van der Waals surface area contributed by atoms with Crippen molar-refractivity contribution in [2.24, 2.45) is 0 Å². The maximum absolute atomic E-state index is 11.8. The number of anilines is 1. The summed E-state index contributed by atoms with van der Waals surface area (Å²) in [5.74, 6) is 0.0216. The minimum Gasteiger partial charge on any atom is -0.379 e. The zero-order valence-electron chi connectivity index (χ0n) is 13.1. The van der Waals surface area contributed by atoms with Gasteiger partial charge in [0.1, 0.15) is 0 Å². The molecule has 0 fully saturated rings. The van der Waals surface area contributed by atoms with Crippen LogP contribution in [-0.4, -0.2) is 24.9 Å². The predicted molar refractivity (Wildman–Crippen MR) is 87.7 cm³/mol. The first-order chi connectivity index (χ1) is 9.97. The van der Waals surface area contributed by atoms with Gasteiger partial charge in [0.25, 0.3) is 5.91 Å². The largest absolute Gasteiger partial charge is 0.379 e. The van der Waals surface area contributed by atoms with Crippen LogP contribution >= 0.6 is 0 Å². The molecule has 0 heterocycles. The SMILES string of the molecule is Cc1cccc(C(C)Nc2ccc(C(=O)N(C)C)cc2)c1. The van der Waals surface area contributed by atoms with Crippen molar-refractivity contribution in [2.45, 2.75) is 19.9 Å². The van der Waals surface area contributed by atoms with Crippen LogP contribution in [0.5, 0.6) is 0 Å². The van der Waals surface area contributed by atoms with Gasteiger partial charge in [0.15, 0.2) is 0 Å².